The number of phosphoric ester groups is 1. The van der Waals surface area contributed by atoms with Crippen molar-refractivity contribution in [1.29, 1.82) is 0 Å². The van der Waals surface area contributed by atoms with Crippen molar-refractivity contribution in [2.24, 2.45) is 35.5 Å². The van der Waals surface area contributed by atoms with Crippen molar-refractivity contribution in [2.75, 3.05) is 0 Å². The standard InChI is InChI=1S/C26H43O5P/c1-17(2)21-13-11-19(5)15-25(21)30-32(28,29-24-10-8-7-9-23(24)27)31-26-16-20(6)12-14-22(26)18(3)4/h7-10,17-22,25-27H,11-16H2,1-6H3/t19-,20-,21+,22+,25-,26-/m1/s1. The van der Waals surface area contributed by atoms with Gasteiger partial charge in [-0.2, -0.15) is 0 Å². The summed E-state index contributed by atoms with van der Waals surface area (Å²) in [7, 11) is -3.97. The first-order valence-electron chi connectivity index (χ1n) is 12.5. The van der Waals surface area contributed by atoms with E-state index in [0.717, 1.165) is 38.5 Å². The van der Waals surface area contributed by atoms with Gasteiger partial charge in [0.15, 0.2) is 11.5 Å². The third kappa shape index (κ3) is 6.52. The van der Waals surface area contributed by atoms with E-state index in [1.54, 1.807) is 18.2 Å². The number of phosphoric acid groups is 1. The lowest BCUT2D eigenvalue weighted by Gasteiger charge is -2.41. The van der Waals surface area contributed by atoms with Crippen LogP contribution in [0.25, 0.3) is 0 Å². The summed E-state index contributed by atoms with van der Waals surface area (Å²) in [6, 6.07) is 6.60. The molecule has 2 aliphatic carbocycles. The molecule has 0 spiro atoms. The van der Waals surface area contributed by atoms with Crippen molar-refractivity contribution in [3.05, 3.63) is 24.3 Å². The summed E-state index contributed by atoms with van der Waals surface area (Å²) in [6.07, 6.45) is 5.73. The molecule has 0 heterocycles. The zero-order chi connectivity index (χ0) is 23.5. The van der Waals surface area contributed by atoms with Gasteiger partial charge in [-0.3, -0.25) is 9.05 Å². The van der Waals surface area contributed by atoms with Gasteiger partial charge in [-0.05, 0) is 73.3 Å². The third-order valence-electron chi connectivity index (χ3n) is 7.53. The second kappa shape index (κ2) is 10.9. The van der Waals surface area contributed by atoms with Crippen molar-refractivity contribution in [3.8, 4) is 11.5 Å². The Hall–Kier alpha value is -1.03. The molecule has 0 radical (unpaired) electrons. The third-order valence-corrected chi connectivity index (χ3v) is 9.01. The molecule has 0 aliphatic heterocycles. The van der Waals surface area contributed by atoms with Crippen LogP contribution in [0.5, 0.6) is 11.5 Å². The van der Waals surface area contributed by atoms with Crippen LogP contribution in [-0.2, 0) is 13.6 Å². The van der Waals surface area contributed by atoms with Crippen LogP contribution in [-0.4, -0.2) is 17.3 Å². The van der Waals surface area contributed by atoms with Gasteiger partial charge in [0.25, 0.3) is 0 Å². The number of phenols is 1. The van der Waals surface area contributed by atoms with Crippen LogP contribution < -0.4 is 4.52 Å². The lowest BCUT2D eigenvalue weighted by molar-refractivity contribution is -0.0201. The van der Waals surface area contributed by atoms with Gasteiger partial charge in [-0.25, -0.2) is 4.57 Å². The second-order valence-electron chi connectivity index (χ2n) is 10.9. The summed E-state index contributed by atoms with van der Waals surface area (Å²) in [4.78, 5) is 0. The highest BCUT2D eigenvalue weighted by Gasteiger charge is 2.44. The fraction of sp³-hybridized carbons (Fsp3) is 0.769. The largest absolute Gasteiger partial charge is 0.530 e. The molecular weight excluding hydrogens is 423 g/mol. The quantitative estimate of drug-likeness (QED) is 0.395. The topological polar surface area (TPSA) is 65.0 Å². The molecular formula is C26H43O5P. The summed E-state index contributed by atoms with van der Waals surface area (Å²) in [6.45, 7) is 13.2. The first kappa shape index (κ1) is 25.6. The molecule has 2 aliphatic rings. The molecule has 5 nitrogen and oxygen atoms in total. The van der Waals surface area contributed by atoms with E-state index in [1.165, 1.54) is 6.07 Å². The highest BCUT2D eigenvalue weighted by molar-refractivity contribution is 7.49. The average Bonchev–Trinajstić information content (AvgIpc) is 2.69. The zero-order valence-corrected chi connectivity index (χ0v) is 21.6. The molecule has 0 unspecified atom stereocenters. The van der Waals surface area contributed by atoms with Gasteiger partial charge in [0.1, 0.15) is 0 Å². The van der Waals surface area contributed by atoms with Crippen LogP contribution in [0.2, 0.25) is 0 Å². The van der Waals surface area contributed by atoms with Crippen LogP contribution in [0.1, 0.15) is 80.1 Å². The molecule has 0 aromatic heterocycles. The minimum Gasteiger partial charge on any atom is -0.504 e. The van der Waals surface area contributed by atoms with E-state index < -0.39 is 7.82 Å². The Bertz CT molecular complexity index is 741. The molecule has 1 aromatic rings. The number of hydrogen-bond donors (Lipinski definition) is 1. The van der Waals surface area contributed by atoms with Gasteiger partial charge in [-0.15, -0.1) is 0 Å². The Morgan fingerprint density at radius 1 is 0.844 bits per heavy atom. The first-order valence-corrected chi connectivity index (χ1v) is 14.0. The van der Waals surface area contributed by atoms with Crippen molar-refractivity contribution in [1.82, 2.24) is 0 Å². The van der Waals surface area contributed by atoms with Gasteiger partial charge >= 0.3 is 7.82 Å². The van der Waals surface area contributed by atoms with E-state index in [1.807, 2.05) is 0 Å². The van der Waals surface area contributed by atoms with Gasteiger partial charge in [0, 0.05) is 0 Å². The second-order valence-corrected chi connectivity index (χ2v) is 12.4. The van der Waals surface area contributed by atoms with E-state index in [2.05, 4.69) is 41.5 Å². The Kier molecular flexibility index (Phi) is 8.74. The maximum absolute atomic E-state index is 14.2. The lowest BCUT2D eigenvalue weighted by Crippen LogP contribution is -2.37. The summed E-state index contributed by atoms with van der Waals surface area (Å²) in [5.41, 5.74) is 0. The molecule has 6 heteroatoms. The minimum absolute atomic E-state index is 0.0604. The number of benzene rings is 1. The zero-order valence-electron chi connectivity index (χ0n) is 20.7. The highest BCUT2D eigenvalue weighted by Crippen LogP contribution is 2.57. The van der Waals surface area contributed by atoms with Crippen LogP contribution in [0.3, 0.4) is 0 Å². The van der Waals surface area contributed by atoms with E-state index >= 15 is 0 Å². The molecule has 6 atom stereocenters. The van der Waals surface area contributed by atoms with Crippen LogP contribution in [0, 0.1) is 35.5 Å². The lowest BCUT2D eigenvalue weighted by atomic mass is 9.75. The maximum atomic E-state index is 14.2. The molecule has 182 valence electrons. The van der Waals surface area contributed by atoms with E-state index in [4.69, 9.17) is 13.6 Å². The summed E-state index contributed by atoms with van der Waals surface area (Å²) >= 11 is 0. The monoisotopic (exact) mass is 466 g/mol. The van der Waals surface area contributed by atoms with E-state index in [-0.39, 0.29) is 23.7 Å². The predicted octanol–water partition coefficient (Wildman–Crippen LogP) is 7.83. The van der Waals surface area contributed by atoms with Crippen molar-refractivity contribution in [2.45, 2.75) is 92.3 Å². The van der Waals surface area contributed by atoms with Crippen molar-refractivity contribution < 1.29 is 23.2 Å². The van der Waals surface area contributed by atoms with Gasteiger partial charge < -0.3 is 9.63 Å². The van der Waals surface area contributed by atoms with Crippen LogP contribution >= 0.6 is 7.82 Å². The fourth-order valence-electron chi connectivity index (χ4n) is 5.53. The van der Waals surface area contributed by atoms with E-state index in [0.29, 0.717) is 35.5 Å². The SMILES string of the molecule is CC(C)[C@@H]1CC[C@@H](C)C[C@H]1OP(=O)(Oc1ccccc1O)O[C@@H]1C[C@H](C)CC[C@H]1C(C)C. The van der Waals surface area contributed by atoms with Crippen molar-refractivity contribution in [3.63, 3.8) is 0 Å². The number of phenolic OH excluding ortho intramolecular Hbond substituents is 1. The Labute approximate surface area is 194 Å². The molecule has 1 N–H and O–H groups in total. The van der Waals surface area contributed by atoms with Crippen LogP contribution in [0.15, 0.2) is 24.3 Å². The predicted molar refractivity (Wildman–Crippen MR) is 129 cm³/mol. The minimum atomic E-state index is -3.97. The Morgan fingerprint density at radius 2 is 1.31 bits per heavy atom. The number of aromatic hydroxyl groups is 1. The molecule has 2 fully saturated rings. The number of rotatable bonds is 8. The van der Waals surface area contributed by atoms with E-state index in [9.17, 15) is 9.67 Å². The summed E-state index contributed by atoms with van der Waals surface area (Å²) in [5.74, 6) is 2.55. The Morgan fingerprint density at radius 3 is 1.75 bits per heavy atom. The summed E-state index contributed by atoms with van der Waals surface area (Å²) < 4.78 is 32.9. The smallest absolute Gasteiger partial charge is 0.504 e. The van der Waals surface area contributed by atoms with Gasteiger partial charge in [0.05, 0.1) is 12.2 Å². The molecule has 0 bridgehead atoms. The fourth-order valence-corrected chi connectivity index (χ4v) is 7.21. The summed E-state index contributed by atoms with van der Waals surface area (Å²) in [5, 5.41) is 10.3. The average molecular weight is 467 g/mol. The first-order chi connectivity index (χ1) is 15.1. The molecule has 32 heavy (non-hydrogen) atoms. The number of hydrogen-bond acceptors (Lipinski definition) is 5. The molecule has 0 saturated heterocycles. The Balaban J connectivity index is 1.90. The molecule has 0 amide bonds. The number of para-hydroxylation sites is 2. The van der Waals surface area contributed by atoms with Gasteiger partial charge in [0.2, 0.25) is 0 Å². The maximum Gasteiger partial charge on any atom is 0.530 e. The molecule has 2 saturated carbocycles. The van der Waals surface area contributed by atoms with Gasteiger partial charge in [-0.1, -0.05) is 66.5 Å². The van der Waals surface area contributed by atoms with Crippen molar-refractivity contribution >= 4 is 7.82 Å². The molecule has 3 rings (SSSR count). The molecule has 1 aromatic carbocycles. The highest BCUT2D eigenvalue weighted by atomic mass is 31.2. The van der Waals surface area contributed by atoms with Crippen LogP contribution in [0.4, 0.5) is 0 Å². The normalized spacial score (nSPS) is 31.8.